The maximum absolute atomic E-state index is 10.1. The third kappa shape index (κ3) is 2.39. The molecule has 0 radical (unpaired) electrons. The fourth-order valence-corrected chi connectivity index (χ4v) is 2.15. The van der Waals surface area contributed by atoms with Gasteiger partial charge >= 0.3 is 0 Å². The van der Waals surface area contributed by atoms with Gasteiger partial charge in [0.1, 0.15) is 0 Å². The third-order valence-corrected chi connectivity index (χ3v) is 3.27. The Morgan fingerprint density at radius 3 is 2.22 bits per heavy atom. The maximum Gasteiger partial charge on any atom is 0.0840 e. The Morgan fingerprint density at radius 1 is 1.00 bits per heavy atom. The van der Waals surface area contributed by atoms with Gasteiger partial charge in [-0.2, -0.15) is 0 Å². The van der Waals surface area contributed by atoms with Crippen molar-refractivity contribution in [3.63, 3.8) is 0 Å². The molecule has 1 aromatic carbocycles. The molecule has 0 unspecified atom stereocenters. The summed E-state index contributed by atoms with van der Waals surface area (Å²) in [7, 11) is 0. The molecule has 0 aliphatic carbocycles. The van der Waals surface area contributed by atoms with E-state index < -0.39 is 5.60 Å². The Morgan fingerprint density at radius 2 is 1.67 bits per heavy atom. The lowest BCUT2D eigenvalue weighted by Gasteiger charge is -2.22. The zero-order valence-electron chi connectivity index (χ0n) is 11.8. The van der Waals surface area contributed by atoms with Crippen LogP contribution < -0.4 is 0 Å². The molecule has 1 aromatic heterocycles. The summed E-state index contributed by atoms with van der Waals surface area (Å²) in [6.45, 7) is 10.2. The molecule has 1 N–H and O–H groups in total. The van der Waals surface area contributed by atoms with Crippen molar-refractivity contribution < 1.29 is 5.11 Å². The number of aliphatic hydroxyl groups is 1. The van der Waals surface area contributed by atoms with Crippen molar-refractivity contribution in [1.29, 1.82) is 0 Å². The second-order valence-electron chi connectivity index (χ2n) is 6.43. The maximum atomic E-state index is 10.1. The Hall–Kier alpha value is -1.41. The van der Waals surface area contributed by atoms with Crippen LogP contribution in [0.1, 0.15) is 45.7 Å². The summed E-state index contributed by atoms with van der Waals surface area (Å²) in [4.78, 5) is 4.32. The molecule has 0 aliphatic heterocycles. The van der Waals surface area contributed by atoms with Crippen molar-refractivity contribution in [1.82, 2.24) is 4.98 Å². The topological polar surface area (TPSA) is 33.1 Å². The SMILES string of the molecule is CC(C)(C)c1cncc2cc(C(C)(C)O)ccc12. The summed E-state index contributed by atoms with van der Waals surface area (Å²) in [6.07, 6.45) is 3.80. The molecule has 2 heteroatoms. The van der Waals surface area contributed by atoms with Gasteiger partial charge in [0, 0.05) is 17.8 Å². The Kier molecular flexibility index (Phi) is 2.94. The lowest BCUT2D eigenvalue weighted by Crippen LogP contribution is -2.16. The zero-order valence-corrected chi connectivity index (χ0v) is 11.8. The van der Waals surface area contributed by atoms with Crippen molar-refractivity contribution in [2.75, 3.05) is 0 Å². The molecule has 0 saturated heterocycles. The van der Waals surface area contributed by atoms with Crippen LogP contribution >= 0.6 is 0 Å². The van der Waals surface area contributed by atoms with E-state index in [0.29, 0.717) is 0 Å². The Bertz CT molecular complexity index is 574. The van der Waals surface area contributed by atoms with Crippen molar-refractivity contribution >= 4 is 10.8 Å². The zero-order chi connectivity index (χ0) is 13.6. The molecular formula is C16H21NO. The highest BCUT2D eigenvalue weighted by molar-refractivity contribution is 5.86. The monoisotopic (exact) mass is 243 g/mol. The number of hydrogen-bond acceptors (Lipinski definition) is 2. The van der Waals surface area contributed by atoms with Crippen LogP contribution in [-0.2, 0) is 11.0 Å². The van der Waals surface area contributed by atoms with Crippen LogP contribution in [0.2, 0.25) is 0 Å². The summed E-state index contributed by atoms with van der Waals surface area (Å²) in [5.74, 6) is 0. The standard InChI is InChI=1S/C16H21NO/c1-15(2,3)14-10-17-9-11-8-12(16(4,5)18)6-7-13(11)14/h6-10,18H,1-5H3. The summed E-state index contributed by atoms with van der Waals surface area (Å²) in [5.41, 5.74) is 1.42. The normalized spacial score (nSPS) is 13.0. The molecule has 2 rings (SSSR count). The Labute approximate surface area is 109 Å². The number of pyridine rings is 1. The van der Waals surface area contributed by atoms with E-state index in [1.54, 1.807) is 13.8 Å². The van der Waals surface area contributed by atoms with Crippen LogP contribution in [-0.4, -0.2) is 10.1 Å². The van der Waals surface area contributed by atoms with Crippen LogP contribution in [0, 0.1) is 0 Å². The number of fused-ring (bicyclic) bond motifs is 1. The van der Waals surface area contributed by atoms with Gasteiger partial charge in [-0.1, -0.05) is 32.9 Å². The first-order valence-corrected chi connectivity index (χ1v) is 6.31. The van der Waals surface area contributed by atoms with E-state index in [0.717, 1.165) is 10.9 Å². The minimum atomic E-state index is -0.814. The molecule has 96 valence electrons. The molecule has 0 saturated carbocycles. The van der Waals surface area contributed by atoms with Crippen molar-refractivity contribution in [2.45, 2.75) is 45.6 Å². The number of nitrogens with zero attached hydrogens (tertiary/aromatic N) is 1. The molecular weight excluding hydrogens is 222 g/mol. The molecule has 0 aliphatic rings. The van der Waals surface area contributed by atoms with Gasteiger partial charge in [0.05, 0.1) is 5.60 Å². The van der Waals surface area contributed by atoms with Crippen molar-refractivity contribution in [2.24, 2.45) is 0 Å². The van der Waals surface area contributed by atoms with Crippen LogP contribution in [0.4, 0.5) is 0 Å². The molecule has 1 heterocycles. The summed E-state index contributed by atoms with van der Waals surface area (Å²) in [6, 6.07) is 6.11. The van der Waals surface area contributed by atoms with Gasteiger partial charge in [0.2, 0.25) is 0 Å². The molecule has 0 bridgehead atoms. The van der Waals surface area contributed by atoms with Gasteiger partial charge in [0.25, 0.3) is 0 Å². The first-order chi connectivity index (χ1) is 8.19. The summed E-state index contributed by atoms with van der Waals surface area (Å²) >= 11 is 0. The molecule has 2 nitrogen and oxygen atoms in total. The van der Waals surface area contributed by atoms with Crippen LogP contribution in [0.25, 0.3) is 10.8 Å². The van der Waals surface area contributed by atoms with Crippen LogP contribution in [0.15, 0.2) is 30.6 Å². The molecule has 0 atom stereocenters. The van der Waals surface area contributed by atoms with E-state index >= 15 is 0 Å². The van der Waals surface area contributed by atoms with Crippen molar-refractivity contribution in [3.05, 3.63) is 41.7 Å². The van der Waals surface area contributed by atoms with E-state index in [1.807, 2.05) is 24.5 Å². The Balaban J connectivity index is 2.68. The average Bonchev–Trinajstić information content (AvgIpc) is 2.25. The minimum absolute atomic E-state index is 0.0722. The second kappa shape index (κ2) is 4.06. The van der Waals surface area contributed by atoms with Gasteiger partial charge in [-0.25, -0.2) is 0 Å². The fraction of sp³-hybridized carbons (Fsp3) is 0.438. The third-order valence-electron chi connectivity index (χ3n) is 3.27. The van der Waals surface area contributed by atoms with Gasteiger partial charge in [0.15, 0.2) is 0 Å². The van der Waals surface area contributed by atoms with Crippen LogP contribution in [0.5, 0.6) is 0 Å². The lowest BCUT2D eigenvalue weighted by molar-refractivity contribution is 0.0787. The van der Waals surface area contributed by atoms with E-state index in [9.17, 15) is 5.11 Å². The highest BCUT2D eigenvalue weighted by Crippen LogP contribution is 2.31. The van der Waals surface area contributed by atoms with Crippen LogP contribution in [0.3, 0.4) is 0 Å². The van der Waals surface area contributed by atoms with E-state index in [2.05, 4.69) is 31.8 Å². The highest BCUT2D eigenvalue weighted by Gasteiger charge is 2.20. The molecule has 0 amide bonds. The first-order valence-electron chi connectivity index (χ1n) is 6.31. The summed E-state index contributed by atoms with van der Waals surface area (Å²) < 4.78 is 0. The largest absolute Gasteiger partial charge is 0.386 e. The van der Waals surface area contributed by atoms with E-state index in [1.165, 1.54) is 10.9 Å². The molecule has 2 aromatic rings. The first kappa shape index (κ1) is 13.0. The van der Waals surface area contributed by atoms with Crippen molar-refractivity contribution in [3.8, 4) is 0 Å². The van der Waals surface area contributed by atoms with Gasteiger partial charge in [-0.05, 0) is 41.8 Å². The number of benzene rings is 1. The fourth-order valence-electron chi connectivity index (χ4n) is 2.15. The van der Waals surface area contributed by atoms with E-state index in [4.69, 9.17) is 0 Å². The summed E-state index contributed by atoms with van der Waals surface area (Å²) in [5, 5.41) is 12.4. The average molecular weight is 243 g/mol. The van der Waals surface area contributed by atoms with E-state index in [-0.39, 0.29) is 5.41 Å². The number of rotatable bonds is 1. The molecule has 0 fully saturated rings. The number of aromatic nitrogens is 1. The predicted molar refractivity (Wildman–Crippen MR) is 75.7 cm³/mol. The van der Waals surface area contributed by atoms with Gasteiger partial charge in [-0.3, -0.25) is 4.98 Å². The molecule has 0 spiro atoms. The van der Waals surface area contributed by atoms with Gasteiger partial charge < -0.3 is 5.11 Å². The smallest absolute Gasteiger partial charge is 0.0840 e. The highest BCUT2D eigenvalue weighted by atomic mass is 16.3. The quantitative estimate of drug-likeness (QED) is 0.827. The van der Waals surface area contributed by atoms with Gasteiger partial charge in [-0.15, -0.1) is 0 Å². The number of hydrogen-bond donors (Lipinski definition) is 1. The lowest BCUT2D eigenvalue weighted by atomic mass is 9.84. The molecule has 18 heavy (non-hydrogen) atoms. The predicted octanol–water partition coefficient (Wildman–Crippen LogP) is 3.76. The second-order valence-corrected chi connectivity index (χ2v) is 6.43. The minimum Gasteiger partial charge on any atom is -0.386 e.